The van der Waals surface area contributed by atoms with E-state index in [-0.39, 0.29) is 23.9 Å². The molecule has 3 rings (SSSR count). The molecule has 1 aromatic heterocycles. The quantitative estimate of drug-likeness (QED) is 0.342. The number of benzene rings is 1. The Kier molecular flexibility index (Phi) is 9.45. The topological polar surface area (TPSA) is 66.5 Å². The van der Waals surface area contributed by atoms with E-state index in [4.69, 9.17) is 4.74 Å². The lowest BCUT2D eigenvalue weighted by Gasteiger charge is -2.36. The first kappa shape index (κ1) is 26.0. The highest BCUT2D eigenvalue weighted by Gasteiger charge is 2.25. The van der Waals surface area contributed by atoms with Crippen LogP contribution in [0.1, 0.15) is 48.2 Å². The van der Waals surface area contributed by atoms with E-state index >= 15 is 0 Å². The Balaban J connectivity index is 1.80. The van der Waals surface area contributed by atoms with E-state index in [1.165, 1.54) is 12.1 Å². The summed E-state index contributed by atoms with van der Waals surface area (Å²) in [6.07, 6.45) is 7.00. The molecule has 184 valence electrons. The Labute approximate surface area is 207 Å². The number of hydrogen-bond donors (Lipinski definition) is 2. The van der Waals surface area contributed by atoms with Gasteiger partial charge >= 0.3 is 0 Å². The van der Waals surface area contributed by atoms with Crippen LogP contribution in [0.5, 0.6) is 0 Å². The highest BCUT2D eigenvalue weighted by atomic mass is 19.1. The molecule has 6 nitrogen and oxygen atoms in total. The molecule has 0 aliphatic carbocycles. The second kappa shape index (κ2) is 12.7. The number of halogens is 1. The van der Waals surface area contributed by atoms with Crippen molar-refractivity contribution >= 4 is 11.7 Å². The lowest BCUT2D eigenvalue weighted by molar-refractivity contribution is -0.00547. The van der Waals surface area contributed by atoms with E-state index in [9.17, 15) is 9.18 Å². The van der Waals surface area contributed by atoms with Crippen molar-refractivity contribution < 1.29 is 13.9 Å². The maximum absolute atomic E-state index is 13.3. The molecular weight excluding hydrogens is 443 g/mol. The highest BCUT2D eigenvalue weighted by Crippen LogP contribution is 2.23. The van der Waals surface area contributed by atoms with Crippen LogP contribution in [0.3, 0.4) is 0 Å². The summed E-state index contributed by atoms with van der Waals surface area (Å²) in [6.45, 7) is 9.75. The normalized spacial score (nSPS) is 17.8. The van der Waals surface area contributed by atoms with E-state index in [1.807, 2.05) is 27.1 Å². The summed E-state index contributed by atoms with van der Waals surface area (Å²) in [7, 11) is 1.84. The minimum Gasteiger partial charge on any atom is -0.394 e. The van der Waals surface area contributed by atoms with Crippen LogP contribution >= 0.6 is 0 Å². The maximum atomic E-state index is 13.3. The molecule has 0 spiro atoms. The van der Waals surface area contributed by atoms with Gasteiger partial charge < -0.3 is 20.3 Å². The predicted octanol–water partition coefficient (Wildman–Crippen LogP) is 4.03. The number of rotatable bonds is 8. The van der Waals surface area contributed by atoms with Crippen LogP contribution in [0.4, 0.5) is 10.2 Å². The van der Waals surface area contributed by atoms with E-state index in [1.54, 1.807) is 30.5 Å². The summed E-state index contributed by atoms with van der Waals surface area (Å²) in [5.74, 6) is 6.43. The molecule has 0 saturated carbocycles. The van der Waals surface area contributed by atoms with Crippen molar-refractivity contribution in [1.29, 1.82) is 0 Å². The number of ether oxygens (including phenoxy) is 1. The predicted molar refractivity (Wildman–Crippen MR) is 138 cm³/mol. The van der Waals surface area contributed by atoms with Crippen LogP contribution in [0.2, 0.25) is 0 Å². The number of hydrogen-bond acceptors (Lipinski definition) is 5. The van der Waals surface area contributed by atoms with Crippen LogP contribution < -0.4 is 15.5 Å². The first-order chi connectivity index (χ1) is 16.9. The van der Waals surface area contributed by atoms with Crippen molar-refractivity contribution in [2.75, 3.05) is 31.6 Å². The van der Waals surface area contributed by atoms with Gasteiger partial charge in [0.1, 0.15) is 11.6 Å². The molecule has 1 aliphatic rings. The van der Waals surface area contributed by atoms with E-state index in [0.717, 1.165) is 18.4 Å². The van der Waals surface area contributed by atoms with E-state index < -0.39 is 0 Å². The van der Waals surface area contributed by atoms with Crippen molar-refractivity contribution in [2.45, 2.75) is 38.9 Å². The smallest absolute Gasteiger partial charge is 0.252 e. The molecule has 1 amide bonds. The van der Waals surface area contributed by atoms with Crippen LogP contribution in [-0.4, -0.2) is 49.8 Å². The lowest BCUT2D eigenvalue weighted by Crippen LogP contribution is -2.46. The van der Waals surface area contributed by atoms with Gasteiger partial charge in [-0.1, -0.05) is 24.5 Å². The zero-order valence-corrected chi connectivity index (χ0v) is 20.6. The van der Waals surface area contributed by atoms with Crippen molar-refractivity contribution in [3.63, 3.8) is 0 Å². The van der Waals surface area contributed by atoms with Gasteiger partial charge in [-0.2, -0.15) is 0 Å². The Morgan fingerprint density at radius 2 is 1.97 bits per heavy atom. The van der Waals surface area contributed by atoms with Crippen molar-refractivity contribution in [3.05, 3.63) is 83.5 Å². The molecule has 0 bridgehead atoms. The van der Waals surface area contributed by atoms with Crippen LogP contribution in [0, 0.1) is 17.7 Å². The first-order valence-corrected chi connectivity index (χ1v) is 11.8. The average molecular weight is 477 g/mol. The molecule has 1 fully saturated rings. The van der Waals surface area contributed by atoms with Crippen molar-refractivity contribution in [3.8, 4) is 11.8 Å². The second-order valence-corrected chi connectivity index (χ2v) is 8.59. The first-order valence-electron chi connectivity index (χ1n) is 11.8. The zero-order chi connectivity index (χ0) is 25.2. The molecule has 2 atom stereocenters. The van der Waals surface area contributed by atoms with Gasteiger partial charge in [0, 0.05) is 38.4 Å². The molecule has 0 radical (unpaired) electrons. The SMILES string of the molecule is C=C/C(=C\NC)CCCNC(=O)c1cnc(N2CC(C)O[C@@H](C)C2)c(C#Cc2ccc(F)cc2)c1. The number of carbonyl (C=O) groups excluding carboxylic acids is 1. The summed E-state index contributed by atoms with van der Waals surface area (Å²) >= 11 is 0. The highest BCUT2D eigenvalue weighted by molar-refractivity contribution is 5.94. The van der Waals surface area contributed by atoms with Gasteiger partial charge in [0.15, 0.2) is 0 Å². The number of carbonyl (C=O) groups is 1. The summed E-state index contributed by atoms with van der Waals surface area (Å²) in [5, 5.41) is 5.95. The van der Waals surface area contributed by atoms with Gasteiger partial charge in [-0.3, -0.25) is 4.79 Å². The number of nitrogens with zero attached hydrogens (tertiary/aromatic N) is 2. The van der Waals surface area contributed by atoms with Crippen molar-refractivity contribution in [2.24, 2.45) is 0 Å². The number of allylic oxidation sites excluding steroid dienone is 2. The number of aromatic nitrogens is 1. The van der Waals surface area contributed by atoms with E-state index in [0.29, 0.717) is 42.1 Å². The third kappa shape index (κ3) is 7.69. The molecule has 35 heavy (non-hydrogen) atoms. The molecule has 2 heterocycles. The fourth-order valence-electron chi connectivity index (χ4n) is 3.96. The third-order valence-corrected chi connectivity index (χ3v) is 5.55. The molecule has 2 N–H and O–H groups in total. The average Bonchev–Trinajstić information content (AvgIpc) is 2.84. The standard InChI is InChI=1S/C28H33FN4O2/c1-5-22(16-30-4)7-6-14-31-28(34)25-15-24(11-8-23-9-12-26(29)13-10-23)27(32-17-25)33-18-20(2)35-21(3)19-33/h5,9-10,12-13,15-17,20-21,30H,1,6-7,14,18-19H2,2-4H3,(H,31,34)/b22-16+/t20-,21?/m0/s1. The second-order valence-electron chi connectivity index (χ2n) is 8.59. The summed E-state index contributed by atoms with van der Waals surface area (Å²) in [5.41, 5.74) is 2.86. The number of morpholine rings is 1. The van der Waals surface area contributed by atoms with Crippen molar-refractivity contribution in [1.82, 2.24) is 15.6 Å². The van der Waals surface area contributed by atoms with Gasteiger partial charge in [-0.05, 0) is 68.8 Å². The fraction of sp³-hybridized carbons (Fsp3) is 0.357. The monoisotopic (exact) mass is 476 g/mol. The molecular formula is C28H33FN4O2. The third-order valence-electron chi connectivity index (χ3n) is 5.55. The summed E-state index contributed by atoms with van der Waals surface area (Å²) < 4.78 is 19.1. The molecule has 1 aromatic carbocycles. The minimum absolute atomic E-state index is 0.0545. The van der Waals surface area contributed by atoms with Gasteiger partial charge in [-0.15, -0.1) is 0 Å². The van der Waals surface area contributed by atoms with Crippen LogP contribution in [-0.2, 0) is 4.74 Å². The van der Waals surface area contributed by atoms with Gasteiger partial charge in [0.05, 0.1) is 23.3 Å². The Bertz CT molecular complexity index is 1110. The van der Waals surface area contributed by atoms with Crippen LogP contribution in [0.25, 0.3) is 0 Å². The van der Waals surface area contributed by atoms with Gasteiger partial charge in [0.25, 0.3) is 5.91 Å². The number of pyridine rings is 1. The number of amides is 1. The van der Waals surface area contributed by atoms with Crippen LogP contribution in [0.15, 0.2) is 61.0 Å². The van der Waals surface area contributed by atoms with Gasteiger partial charge in [0.2, 0.25) is 0 Å². The zero-order valence-electron chi connectivity index (χ0n) is 20.6. The van der Waals surface area contributed by atoms with E-state index in [2.05, 4.69) is 38.9 Å². The molecule has 1 aliphatic heterocycles. The molecule has 7 heteroatoms. The molecule has 1 unspecified atom stereocenters. The Morgan fingerprint density at radius 3 is 2.63 bits per heavy atom. The Morgan fingerprint density at radius 1 is 1.26 bits per heavy atom. The maximum Gasteiger partial charge on any atom is 0.252 e. The summed E-state index contributed by atoms with van der Waals surface area (Å²) in [6, 6.07) is 7.79. The molecule has 2 aromatic rings. The van der Waals surface area contributed by atoms with Gasteiger partial charge in [-0.25, -0.2) is 9.37 Å². The lowest BCUT2D eigenvalue weighted by atomic mass is 10.1. The number of anilines is 1. The number of nitrogens with one attached hydrogen (secondary N) is 2. The Hall–Kier alpha value is -3.63. The minimum atomic E-state index is -0.311. The largest absolute Gasteiger partial charge is 0.394 e. The fourth-order valence-corrected chi connectivity index (χ4v) is 3.96. The molecule has 1 saturated heterocycles. The summed E-state index contributed by atoms with van der Waals surface area (Å²) in [4.78, 5) is 19.6.